The summed E-state index contributed by atoms with van der Waals surface area (Å²) in [5, 5.41) is 8.37. The molecule has 0 bridgehead atoms. The monoisotopic (exact) mass is 901 g/mol. The van der Waals surface area contributed by atoms with Crippen LogP contribution in [0.4, 0.5) is 0 Å². The smallest absolute Gasteiger partial charge is 0.297 e. The van der Waals surface area contributed by atoms with Gasteiger partial charge in [0.05, 0.1) is 26.0 Å². The Morgan fingerprint density at radius 1 is 0.766 bits per heavy atom. The minimum Gasteiger partial charge on any atom is -0.497 e. The first-order chi connectivity index (χ1) is 30.7. The van der Waals surface area contributed by atoms with Gasteiger partial charge >= 0.3 is 0 Å². The highest BCUT2D eigenvalue weighted by Gasteiger charge is 2.34. The molecule has 0 spiro atoms. The molecular weight excluding hydrogens is 847 g/mol. The van der Waals surface area contributed by atoms with Gasteiger partial charge in [-0.15, -0.1) is 0 Å². The van der Waals surface area contributed by atoms with Gasteiger partial charge in [-0.05, 0) is 67.1 Å². The fraction of sp³-hybridized carbons (Fsp3) is 0.333. The fourth-order valence-corrected chi connectivity index (χ4v) is 7.87. The van der Waals surface area contributed by atoms with Crippen molar-refractivity contribution >= 4 is 50.6 Å². The predicted molar refractivity (Wildman–Crippen MR) is 237 cm³/mol. The molecular formula is C42H55N13O8S. The number of imidazole rings is 1. The second-order valence-electron chi connectivity index (χ2n) is 14.9. The Hall–Kier alpha value is -6.69. The summed E-state index contributed by atoms with van der Waals surface area (Å²) in [7, 11) is -3.42. The topological polar surface area (TPSA) is 341 Å². The van der Waals surface area contributed by atoms with Gasteiger partial charge in [-0.3, -0.25) is 29.4 Å². The second-order valence-corrected chi connectivity index (χ2v) is 16.6. The lowest BCUT2D eigenvalue weighted by molar-refractivity contribution is -0.133. The molecule has 5 atom stereocenters. The van der Waals surface area contributed by atoms with Crippen LogP contribution in [0.1, 0.15) is 41.6 Å². The van der Waals surface area contributed by atoms with E-state index < -0.39 is 76.6 Å². The molecule has 0 saturated carbocycles. The SMILES string of the molecule is COc1ccc(CN(NC(=O)[C@H](N)NC(=O)[C@@H](Cc2c[nH]c3ccccc23)NC(=O)[C@@H](N)Cc2cnc[nH]2)S(=O)(=O)N[C@H](Cc2ccccc2)C(=O)N[C@@H](CCCCN)C(N)=O)cc1. The van der Waals surface area contributed by atoms with Crippen LogP contribution in [0.2, 0.25) is 0 Å². The third-order valence-electron chi connectivity index (χ3n) is 10.2. The lowest BCUT2D eigenvalue weighted by atomic mass is 10.0. The zero-order valence-corrected chi connectivity index (χ0v) is 36.0. The maximum Gasteiger partial charge on any atom is 0.297 e. The molecule has 0 fully saturated rings. The summed E-state index contributed by atoms with van der Waals surface area (Å²) in [5.41, 5.74) is 28.8. The van der Waals surface area contributed by atoms with Crippen molar-refractivity contribution in [1.29, 1.82) is 0 Å². The average Bonchev–Trinajstić information content (AvgIpc) is 3.95. The van der Waals surface area contributed by atoms with Crippen LogP contribution in [0.3, 0.4) is 0 Å². The second kappa shape index (κ2) is 23.1. The number of para-hydroxylation sites is 1. The number of hydrazine groups is 1. The van der Waals surface area contributed by atoms with E-state index in [-0.39, 0.29) is 25.7 Å². The molecule has 0 radical (unpaired) electrons. The summed E-state index contributed by atoms with van der Waals surface area (Å²) in [6, 6.07) is 17.0. The van der Waals surface area contributed by atoms with Gasteiger partial charge in [0, 0.05) is 41.8 Å². The molecule has 64 heavy (non-hydrogen) atoms. The molecule has 15 N–H and O–H groups in total. The minimum atomic E-state index is -4.88. The largest absolute Gasteiger partial charge is 0.497 e. The average molecular weight is 902 g/mol. The van der Waals surface area contributed by atoms with Crippen LogP contribution in [-0.2, 0) is 60.0 Å². The van der Waals surface area contributed by atoms with E-state index in [0.717, 1.165) is 10.9 Å². The molecule has 3 aromatic carbocycles. The highest BCUT2D eigenvalue weighted by molar-refractivity contribution is 7.87. The Labute approximate surface area is 370 Å². The number of rotatable bonds is 25. The summed E-state index contributed by atoms with van der Waals surface area (Å²) < 4.78 is 36.8. The maximum absolute atomic E-state index is 14.4. The number of nitrogens with zero attached hydrogens (tertiary/aromatic N) is 2. The molecule has 5 amide bonds. The summed E-state index contributed by atoms with van der Waals surface area (Å²) in [4.78, 5) is 77.2. The van der Waals surface area contributed by atoms with E-state index in [0.29, 0.717) is 51.9 Å². The van der Waals surface area contributed by atoms with Gasteiger partial charge in [0.1, 0.15) is 23.9 Å². The van der Waals surface area contributed by atoms with Crippen LogP contribution in [0.5, 0.6) is 5.75 Å². The van der Waals surface area contributed by atoms with Crippen LogP contribution in [0.25, 0.3) is 10.9 Å². The number of carbonyl (C=O) groups excluding carboxylic acids is 5. The molecule has 5 rings (SSSR count). The molecule has 0 unspecified atom stereocenters. The Kier molecular flexibility index (Phi) is 17.5. The van der Waals surface area contributed by atoms with Gasteiger partial charge in [-0.25, -0.2) is 4.98 Å². The van der Waals surface area contributed by atoms with Crippen LogP contribution in [0, 0.1) is 0 Å². The molecule has 22 heteroatoms. The van der Waals surface area contributed by atoms with Crippen molar-refractivity contribution in [2.45, 2.75) is 75.4 Å². The fourth-order valence-electron chi connectivity index (χ4n) is 6.66. The number of hydrogen-bond donors (Lipinski definition) is 11. The number of amides is 5. The van der Waals surface area contributed by atoms with Gasteiger partial charge in [0.2, 0.25) is 23.6 Å². The number of primary amides is 1. The van der Waals surface area contributed by atoms with Crippen molar-refractivity contribution < 1.29 is 37.1 Å². The molecule has 2 heterocycles. The molecule has 5 aromatic rings. The molecule has 0 saturated heterocycles. The molecule has 342 valence electrons. The predicted octanol–water partition coefficient (Wildman–Crippen LogP) is -1.02. The number of hydrogen-bond acceptors (Lipinski definition) is 12. The van der Waals surface area contributed by atoms with Crippen LogP contribution >= 0.6 is 0 Å². The van der Waals surface area contributed by atoms with Gasteiger partial charge in [0.25, 0.3) is 16.1 Å². The van der Waals surface area contributed by atoms with E-state index in [4.69, 9.17) is 27.7 Å². The Morgan fingerprint density at radius 2 is 1.45 bits per heavy atom. The number of H-pyrrole nitrogens is 2. The normalized spacial score (nSPS) is 13.9. The first kappa shape index (κ1) is 48.3. The summed E-state index contributed by atoms with van der Waals surface area (Å²) in [6.45, 7) is -0.148. The summed E-state index contributed by atoms with van der Waals surface area (Å²) >= 11 is 0. The Balaban J connectivity index is 1.38. The zero-order chi connectivity index (χ0) is 46.2. The maximum atomic E-state index is 14.4. The Bertz CT molecular complexity index is 2430. The van der Waals surface area contributed by atoms with Crippen molar-refractivity contribution in [3.05, 3.63) is 120 Å². The van der Waals surface area contributed by atoms with E-state index in [9.17, 15) is 32.4 Å². The molecule has 0 aliphatic heterocycles. The van der Waals surface area contributed by atoms with Gasteiger partial charge in [0.15, 0.2) is 6.17 Å². The first-order valence-electron chi connectivity index (χ1n) is 20.4. The van der Waals surface area contributed by atoms with E-state index in [2.05, 4.69) is 41.1 Å². The van der Waals surface area contributed by atoms with Crippen LogP contribution in [-0.4, -0.2) is 101 Å². The molecule has 0 aliphatic carbocycles. The quantitative estimate of drug-likeness (QED) is 0.0191. The van der Waals surface area contributed by atoms with E-state index >= 15 is 0 Å². The van der Waals surface area contributed by atoms with Crippen molar-refractivity contribution in [2.75, 3.05) is 13.7 Å². The lowest BCUT2D eigenvalue weighted by Gasteiger charge is -2.28. The highest BCUT2D eigenvalue weighted by Crippen LogP contribution is 2.20. The number of methoxy groups -OCH3 is 1. The minimum absolute atomic E-state index is 0.0525. The number of aromatic amines is 2. The molecule has 2 aromatic heterocycles. The van der Waals surface area contributed by atoms with Crippen molar-refractivity contribution in [2.24, 2.45) is 22.9 Å². The first-order valence-corrected chi connectivity index (χ1v) is 21.8. The standard InChI is InChI=1S/C42H55N13O8S/c1-63-30-16-14-27(15-17-30)24-55(64(61,62)54-36(19-26-9-3-2-4-10-26)41(59)50-34(38(46)56)13-7-8-18-43)53-42(60)37(45)52-40(58)35(20-28-22-48-33-12-6-5-11-31(28)33)51-39(57)32(44)21-29-23-47-25-49-29/h2-6,9-12,14-17,22-23,25,32,34-37,48,54H,7-8,13,18-21,24,43-45H2,1H3,(H2,46,56)(H,47,49)(H,50,59)(H,51,57)(H,52,58)(H,53,60)/t32-,34-,35+,36+,37+/m0/s1. The van der Waals surface area contributed by atoms with E-state index in [1.807, 2.05) is 24.3 Å². The van der Waals surface area contributed by atoms with Crippen LogP contribution < -0.4 is 53.8 Å². The van der Waals surface area contributed by atoms with Gasteiger partial charge < -0.3 is 53.6 Å². The van der Waals surface area contributed by atoms with Crippen molar-refractivity contribution in [1.82, 2.24) is 45.5 Å². The van der Waals surface area contributed by atoms with E-state index in [1.165, 1.54) is 19.6 Å². The number of ether oxygens (including phenoxy) is 1. The van der Waals surface area contributed by atoms with Crippen LogP contribution in [0.15, 0.2) is 97.6 Å². The Morgan fingerprint density at radius 3 is 2.12 bits per heavy atom. The molecule has 0 aliphatic rings. The number of benzene rings is 3. The van der Waals surface area contributed by atoms with E-state index in [1.54, 1.807) is 60.8 Å². The summed E-state index contributed by atoms with van der Waals surface area (Å²) in [6.07, 6.45) is 3.80. The molecule has 21 nitrogen and oxygen atoms in total. The number of unbranched alkanes of at least 4 members (excludes halogenated alkanes) is 1. The van der Waals surface area contributed by atoms with Gasteiger partial charge in [-0.1, -0.05) is 65.1 Å². The number of fused-ring (bicyclic) bond motifs is 1. The zero-order valence-electron chi connectivity index (χ0n) is 35.2. The third-order valence-corrected chi connectivity index (χ3v) is 11.5. The highest BCUT2D eigenvalue weighted by atomic mass is 32.2. The number of carbonyl (C=O) groups is 5. The number of nitrogens with one attached hydrogen (secondary N) is 7. The number of nitrogens with two attached hydrogens (primary N) is 4. The number of aromatic nitrogens is 3. The van der Waals surface area contributed by atoms with Crippen molar-refractivity contribution in [3.63, 3.8) is 0 Å². The third kappa shape index (κ3) is 13.9. The van der Waals surface area contributed by atoms with Crippen molar-refractivity contribution in [3.8, 4) is 5.75 Å². The van der Waals surface area contributed by atoms with Gasteiger partial charge in [-0.2, -0.15) is 13.1 Å². The summed E-state index contributed by atoms with van der Waals surface area (Å²) in [5.74, 6) is -3.96. The lowest BCUT2D eigenvalue weighted by Crippen LogP contribution is -2.63.